The predicted octanol–water partition coefficient (Wildman–Crippen LogP) is 1.21. The first kappa shape index (κ1) is 13.9. The van der Waals surface area contributed by atoms with Crippen molar-refractivity contribution in [1.82, 2.24) is 4.90 Å². The molecule has 0 rings (SSSR count). The number of hydrogen-bond donors (Lipinski definition) is 2. The quantitative estimate of drug-likeness (QED) is 0.652. The van der Waals surface area contributed by atoms with Crippen molar-refractivity contribution in [2.75, 3.05) is 19.6 Å². The lowest BCUT2D eigenvalue weighted by atomic mass is 10.0. The number of nitrogens with two attached hydrogens (primary N) is 1. The fourth-order valence-corrected chi connectivity index (χ4v) is 1.34. The SMILES string of the molecule is CC(C)N(CCCN)CCC(C)(C)O. The zero-order chi connectivity index (χ0) is 11.2. The van der Waals surface area contributed by atoms with Gasteiger partial charge in [-0.1, -0.05) is 0 Å². The lowest BCUT2D eigenvalue weighted by molar-refractivity contribution is 0.0531. The van der Waals surface area contributed by atoms with Gasteiger partial charge in [-0.05, 0) is 53.6 Å². The van der Waals surface area contributed by atoms with E-state index >= 15 is 0 Å². The minimum Gasteiger partial charge on any atom is -0.390 e. The van der Waals surface area contributed by atoms with Crippen LogP contribution in [0.5, 0.6) is 0 Å². The molecule has 0 aromatic carbocycles. The molecule has 0 unspecified atom stereocenters. The highest BCUT2D eigenvalue weighted by Crippen LogP contribution is 2.10. The molecular formula is C11H26N2O. The average molecular weight is 202 g/mol. The van der Waals surface area contributed by atoms with Crippen LogP contribution in [0.2, 0.25) is 0 Å². The van der Waals surface area contributed by atoms with Gasteiger partial charge in [-0.25, -0.2) is 0 Å². The maximum Gasteiger partial charge on any atom is 0.0603 e. The van der Waals surface area contributed by atoms with Crippen LogP contribution in [0.4, 0.5) is 0 Å². The van der Waals surface area contributed by atoms with Crippen molar-refractivity contribution >= 4 is 0 Å². The van der Waals surface area contributed by atoms with Crippen molar-refractivity contribution in [3.63, 3.8) is 0 Å². The Morgan fingerprint density at radius 3 is 2.21 bits per heavy atom. The third-order valence-corrected chi connectivity index (χ3v) is 2.39. The molecule has 3 N–H and O–H groups in total. The Kier molecular flexibility index (Phi) is 6.33. The molecule has 0 aliphatic rings. The molecule has 14 heavy (non-hydrogen) atoms. The van der Waals surface area contributed by atoms with Gasteiger partial charge in [-0.15, -0.1) is 0 Å². The van der Waals surface area contributed by atoms with Crippen LogP contribution in [0, 0.1) is 0 Å². The summed E-state index contributed by atoms with van der Waals surface area (Å²) >= 11 is 0. The van der Waals surface area contributed by atoms with Crippen molar-refractivity contribution < 1.29 is 5.11 Å². The number of nitrogens with zero attached hydrogens (tertiary/aromatic N) is 1. The molecule has 0 heterocycles. The first-order valence-corrected chi connectivity index (χ1v) is 5.53. The molecule has 86 valence electrons. The molecule has 0 aromatic rings. The largest absolute Gasteiger partial charge is 0.390 e. The summed E-state index contributed by atoms with van der Waals surface area (Å²) in [5.74, 6) is 0. The molecule has 0 atom stereocenters. The van der Waals surface area contributed by atoms with E-state index in [9.17, 15) is 5.11 Å². The molecule has 0 saturated carbocycles. The molecule has 0 bridgehead atoms. The summed E-state index contributed by atoms with van der Waals surface area (Å²) in [6, 6.07) is 0.531. The molecule has 0 aromatic heterocycles. The van der Waals surface area contributed by atoms with Crippen LogP contribution in [0.3, 0.4) is 0 Å². The first-order valence-electron chi connectivity index (χ1n) is 5.53. The molecule has 0 aliphatic carbocycles. The van der Waals surface area contributed by atoms with E-state index in [1.165, 1.54) is 0 Å². The van der Waals surface area contributed by atoms with Crippen LogP contribution in [0.25, 0.3) is 0 Å². The molecule has 0 fully saturated rings. The summed E-state index contributed by atoms with van der Waals surface area (Å²) in [7, 11) is 0. The Morgan fingerprint density at radius 1 is 1.29 bits per heavy atom. The summed E-state index contributed by atoms with van der Waals surface area (Å²) < 4.78 is 0. The van der Waals surface area contributed by atoms with E-state index in [0.717, 1.165) is 32.5 Å². The van der Waals surface area contributed by atoms with Gasteiger partial charge in [0, 0.05) is 12.6 Å². The van der Waals surface area contributed by atoms with Crippen molar-refractivity contribution in [2.45, 2.75) is 52.2 Å². The predicted molar refractivity (Wildman–Crippen MR) is 61.3 cm³/mol. The summed E-state index contributed by atoms with van der Waals surface area (Å²) in [5, 5.41) is 9.62. The lowest BCUT2D eigenvalue weighted by Crippen LogP contribution is -2.37. The van der Waals surface area contributed by atoms with Crippen molar-refractivity contribution in [1.29, 1.82) is 0 Å². The highest BCUT2D eigenvalue weighted by Gasteiger charge is 2.16. The van der Waals surface area contributed by atoms with Crippen LogP contribution in [0.15, 0.2) is 0 Å². The van der Waals surface area contributed by atoms with Crippen molar-refractivity contribution in [2.24, 2.45) is 5.73 Å². The lowest BCUT2D eigenvalue weighted by Gasteiger charge is -2.29. The third kappa shape index (κ3) is 7.30. The Hall–Kier alpha value is -0.120. The van der Waals surface area contributed by atoms with E-state index in [1.54, 1.807) is 0 Å². The summed E-state index contributed by atoms with van der Waals surface area (Å²) in [5.41, 5.74) is 4.92. The Bertz CT molecular complexity index is 141. The van der Waals surface area contributed by atoms with Gasteiger partial charge in [0.1, 0.15) is 0 Å². The Balaban J connectivity index is 3.85. The minimum atomic E-state index is -0.560. The highest BCUT2D eigenvalue weighted by molar-refractivity contribution is 4.71. The second-order valence-corrected chi connectivity index (χ2v) is 4.83. The molecule has 0 radical (unpaired) electrons. The number of hydrogen-bond acceptors (Lipinski definition) is 3. The van der Waals surface area contributed by atoms with E-state index < -0.39 is 5.60 Å². The van der Waals surface area contributed by atoms with E-state index in [2.05, 4.69) is 18.7 Å². The van der Waals surface area contributed by atoms with E-state index in [-0.39, 0.29) is 0 Å². The standard InChI is InChI=1S/C11H26N2O/c1-10(2)13(8-5-7-12)9-6-11(3,4)14/h10,14H,5-9,12H2,1-4H3. The van der Waals surface area contributed by atoms with Gasteiger partial charge in [0.25, 0.3) is 0 Å². The molecule has 3 heteroatoms. The van der Waals surface area contributed by atoms with Gasteiger partial charge in [-0.3, -0.25) is 0 Å². The van der Waals surface area contributed by atoms with E-state index in [4.69, 9.17) is 5.73 Å². The fraction of sp³-hybridized carbons (Fsp3) is 1.00. The van der Waals surface area contributed by atoms with Crippen LogP contribution in [-0.4, -0.2) is 41.3 Å². The Morgan fingerprint density at radius 2 is 1.86 bits per heavy atom. The Labute approximate surface area is 88.3 Å². The molecular weight excluding hydrogens is 176 g/mol. The van der Waals surface area contributed by atoms with Crippen LogP contribution in [0.1, 0.15) is 40.5 Å². The van der Waals surface area contributed by atoms with E-state index in [0.29, 0.717) is 6.04 Å². The number of rotatable bonds is 7. The van der Waals surface area contributed by atoms with Gasteiger partial charge in [0.15, 0.2) is 0 Å². The monoisotopic (exact) mass is 202 g/mol. The zero-order valence-electron chi connectivity index (χ0n) is 10.1. The number of aliphatic hydroxyl groups is 1. The van der Waals surface area contributed by atoms with Gasteiger partial charge in [0.2, 0.25) is 0 Å². The summed E-state index contributed by atoms with van der Waals surface area (Å²) in [6.45, 7) is 10.8. The molecule has 0 amide bonds. The minimum absolute atomic E-state index is 0.531. The van der Waals surface area contributed by atoms with Gasteiger partial charge < -0.3 is 15.7 Å². The van der Waals surface area contributed by atoms with Crippen molar-refractivity contribution in [3.8, 4) is 0 Å². The molecule has 0 aliphatic heterocycles. The fourth-order valence-electron chi connectivity index (χ4n) is 1.34. The summed E-state index contributed by atoms with van der Waals surface area (Å²) in [4.78, 5) is 2.37. The summed E-state index contributed by atoms with van der Waals surface area (Å²) in [6.07, 6.45) is 1.85. The van der Waals surface area contributed by atoms with E-state index in [1.807, 2.05) is 13.8 Å². The topological polar surface area (TPSA) is 49.5 Å². The van der Waals surface area contributed by atoms with Crippen LogP contribution in [-0.2, 0) is 0 Å². The average Bonchev–Trinajstić information content (AvgIpc) is 2.01. The van der Waals surface area contributed by atoms with Crippen LogP contribution >= 0.6 is 0 Å². The zero-order valence-corrected chi connectivity index (χ0v) is 10.1. The van der Waals surface area contributed by atoms with Gasteiger partial charge in [0.05, 0.1) is 5.60 Å². The second-order valence-electron chi connectivity index (χ2n) is 4.83. The molecule has 0 spiro atoms. The second kappa shape index (κ2) is 6.38. The van der Waals surface area contributed by atoms with Gasteiger partial charge >= 0.3 is 0 Å². The first-order chi connectivity index (χ1) is 6.37. The van der Waals surface area contributed by atoms with Crippen LogP contribution < -0.4 is 5.73 Å². The molecule has 3 nitrogen and oxygen atoms in total. The highest BCUT2D eigenvalue weighted by atomic mass is 16.3. The van der Waals surface area contributed by atoms with Gasteiger partial charge in [-0.2, -0.15) is 0 Å². The smallest absolute Gasteiger partial charge is 0.0603 e. The third-order valence-electron chi connectivity index (χ3n) is 2.39. The normalized spacial score (nSPS) is 12.9. The van der Waals surface area contributed by atoms with Crippen molar-refractivity contribution in [3.05, 3.63) is 0 Å². The maximum absolute atomic E-state index is 9.62. The maximum atomic E-state index is 9.62. The molecule has 0 saturated heterocycles.